The highest BCUT2D eigenvalue weighted by Gasteiger charge is 2.27. The average molecular weight is 312 g/mol. The number of ether oxygens (including phenoxy) is 1. The van der Waals surface area contributed by atoms with Crippen molar-refractivity contribution in [2.45, 2.75) is 45.3 Å². The number of alkyl carbamates (subject to hydrolysis) is 1. The molecule has 1 aromatic rings. The maximum atomic E-state index is 11.8. The number of amides is 1. The maximum absolute atomic E-state index is 11.8. The molecular weight excluding hydrogens is 294 g/mol. The van der Waals surface area contributed by atoms with E-state index in [-0.39, 0.29) is 12.1 Å². The molecule has 1 atom stereocenters. The van der Waals surface area contributed by atoms with E-state index < -0.39 is 5.60 Å². The minimum atomic E-state index is -0.459. The van der Waals surface area contributed by atoms with Gasteiger partial charge in [-0.05, 0) is 50.8 Å². The van der Waals surface area contributed by atoms with Gasteiger partial charge in [0.1, 0.15) is 5.60 Å². The monoisotopic (exact) mass is 311 g/mol. The number of halogens is 1. The molecule has 1 amide bonds. The van der Waals surface area contributed by atoms with Gasteiger partial charge < -0.3 is 10.1 Å². The summed E-state index contributed by atoms with van der Waals surface area (Å²) in [7, 11) is 0. The molecule has 0 saturated heterocycles. The first-order valence-electron chi connectivity index (χ1n) is 6.13. The van der Waals surface area contributed by atoms with Crippen LogP contribution in [0.5, 0.6) is 0 Å². The zero-order valence-electron chi connectivity index (χ0n) is 10.9. The number of nitrogens with one attached hydrogen (secondary N) is 1. The number of rotatable bonds is 1. The van der Waals surface area contributed by atoms with Gasteiger partial charge in [-0.2, -0.15) is 0 Å². The molecule has 2 rings (SSSR count). The lowest BCUT2D eigenvalue weighted by Crippen LogP contribution is -2.34. The predicted molar refractivity (Wildman–Crippen MR) is 74.6 cm³/mol. The zero-order valence-corrected chi connectivity index (χ0v) is 12.5. The summed E-state index contributed by atoms with van der Waals surface area (Å²) in [6.07, 6.45) is 1.57. The van der Waals surface area contributed by atoms with Gasteiger partial charge in [-0.3, -0.25) is 0 Å². The van der Waals surface area contributed by atoms with Crippen molar-refractivity contribution in [3.8, 4) is 0 Å². The van der Waals surface area contributed by atoms with E-state index in [0.717, 1.165) is 17.3 Å². The van der Waals surface area contributed by atoms with Crippen molar-refractivity contribution in [1.82, 2.24) is 5.32 Å². The van der Waals surface area contributed by atoms with Gasteiger partial charge in [0.15, 0.2) is 0 Å². The molecule has 4 heteroatoms. The van der Waals surface area contributed by atoms with E-state index in [0.29, 0.717) is 0 Å². The Balaban J connectivity index is 2.08. The van der Waals surface area contributed by atoms with Crippen molar-refractivity contribution in [1.29, 1.82) is 0 Å². The highest BCUT2D eigenvalue weighted by molar-refractivity contribution is 9.10. The van der Waals surface area contributed by atoms with Crippen molar-refractivity contribution in [2.24, 2.45) is 0 Å². The Hall–Kier alpha value is -1.03. The number of fused-ring (bicyclic) bond motifs is 1. The minimum absolute atomic E-state index is 0.0467. The van der Waals surface area contributed by atoms with Gasteiger partial charge in [-0.1, -0.05) is 28.1 Å². The Bertz CT molecular complexity index is 465. The van der Waals surface area contributed by atoms with E-state index in [1.165, 1.54) is 11.1 Å². The largest absolute Gasteiger partial charge is 0.444 e. The van der Waals surface area contributed by atoms with Gasteiger partial charge >= 0.3 is 6.09 Å². The quantitative estimate of drug-likeness (QED) is 0.852. The Morgan fingerprint density at radius 3 is 2.83 bits per heavy atom. The summed E-state index contributed by atoms with van der Waals surface area (Å²) in [5.41, 5.74) is 2.02. The molecule has 0 fully saturated rings. The zero-order chi connectivity index (χ0) is 13.3. The fraction of sp³-hybridized carbons (Fsp3) is 0.500. The van der Waals surface area contributed by atoms with E-state index in [4.69, 9.17) is 4.74 Å². The number of hydrogen-bond acceptors (Lipinski definition) is 2. The second-order valence-corrected chi connectivity index (χ2v) is 6.40. The van der Waals surface area contributed by atoms with Gasteiger partial charge in [-0.15, -0.1) is 0 Å². The third-order valence-electron chi connectivity index (χ3n) is 2.88. The lowest BCUT2D eigenvalue weighted by Gasteiger charge is -2.22. The Kier molecular flexibility index (Phi) is 3.66. The molecule has 0 spiro atoms. The lowest BCUT2D eigenvalue weighted by atomic mass is 10.1. The van der Waals surface area contributed by atoms with Crippen LogP contribution in [0.25, 0.3) is 0 Å². The summed E-state index contributed by atoms with van der Waals surface area (Å²) in [5.74, 6) is 0. The molecule has 0 bridgehead atoms. The molecule has 1 aliphatic carbocycles. The van der Waals surface area contributed by atoms with Crippen LogP contribution in [0.1, 0.15) is 44.4 Å². The lowest BCUT2D eigenvalue weighted by molar-refractivity contribution is 0.0503. The highest BCUT2D eigenvalue weighted by Crippen LogP contribution is 2.36. The highest BCUT2D eigenvalue weighted by atomic mass is 79.9. The van der Waals surface area contributed by atoms with Crippen molar-refractivity contribution in [2.75, 3.05) is 0 Å². The van der Waals surface area contributed by atoms with E-state index in [1.54, 1.807) is 0 Å². The van der Waals surface area contributed by atoms with Crippen LogP contribution >= 0.6 is 15.9 Å². The average Bonchev–Trinajstić information content (AvgIpc) is 2.59. The topological polar surface area (TPSA) is 38.3 Å². The van der Waals surface area contributed by atoms with Gasteiger partial charge in [0.05, 0.1) is 6.04 Å². The van der Waals surface area contributed by atoms with E-state index in [1.807, 2.05) is 32.9 Å². The van der Waals surface area contributed by atoms with E-state index in [9.17, 15) is 4.79 Å². The molecule has 0 aromatic heterocycles. The van der Waals surface area contributed by atoms with E-state index in [2.05, 4.69) is 27.3 Å². The van der Waals surface area contributed by atoms with Crippen molar-refractivity contribution in [3.63, 3.8) is 0 Å². The third kappa shape index (κ3) is 3.05. The first-order valence-corrected chi connectivity index (χ1v) is 6.93. The standard InChI is InChI=1S/C14H18BrNO2/c1-14(2,3)18-13(17)16-11-8-7-9-5-4-6-10(15)12(9)11/h4-6,11H,7-8H2,1-3H3,(H,16,17). The maximum Gasteiger partial charge on any atom is 0.408 e. The molecule has 1 N–H and O–H groups in total. The van der Waals surface area contributed by atoms with Crippen LogP contribution in [0.3, 0.4) is 0 Å². The molecule has 0 aliphatic heterocycles. The Morgan fingerprint density at radius 2 is 2.17 bits per heavy atom. The summed E-state index contributed by atoms with van der Waals surface area (Å²) < 4.78 is 6.34. The molecule has 1 aliphatic rings. The third-order valence-corrected chi connectivity index (χ3v) is 3.58. The SMILES string of the molecule is CC(C)(C)OC(=O)NC1CCc2cccc(Br)c21. The summed E-state index contributed by atoms with van der Waals surface area (Å²) in [5, 5.41) is 2.94. The predicted octanol–water partition coefficient (Wildman–Crippen LogP) is 3.96. The van der Waals surface area contributed by atoms with Crippen LogP contribution in [0.4, 0.5) is 4.79 Å². The normalized spacial score (nSPS) is 18.3. The molecule has 0 radical (unpaired) electrons. The van der Waals surface area contributed by atoms with Crippen LogP contribution in [0.15, 0.2) is 22.7 Å². The molecule has 1 unspecified atom stereocenters. The number of carbonyl (C=O) groups is 1. The van der Waals surface area contributed by atoms with Crippen LogP contribution in [-0.4, -0.2) is 11.7 Å². The van der Waals surface area contributed by atoms with Crippen LogP contribution in [-0.2, 0) is 11.2 Å². The Labute approximate surface area is 116 Å². The van der Waals surface area contributed by atoms with Gasteiger partial charge in [-0.25, -0.2) is 4.79 Å². The molecular formula is C14H18BrNO2. The summed E-state index contributed by atoms with van der Waals surface area (Å²) in [6.45, 7) is 5.60. The Morgan fingerprint density at radius 1 is 1.44 bits per heavy atom. The number of benzene rings is 1. The van der Waals surface area contributed by atoms with E-state index >= 15 is 0 Å². The second kappa shape index (κ2) is 4.92. The fourth-order valence-electron chi connectivity index (χ4n) is 2.23. The molecule has 3 nitrogen and oxygen atoms in total. The molecule has 0 saturated carbocycles. The summed E-state index contributed by atoms with van der Waals surface area (Å²) in [6, 6.07) is 6.19. The minimum Gasteiger partial charge on any atom is -0.444 e. The van der Waals surface area contributed by atoms with Crippen LogP contribution in [0, 0.1) is 0 Å². The van der Waals surface area contributed by atoms with Gasteiger partial charge in [0.25, 0.3) is 0 Å². The van der Waals surface area contributed by atoms with Crippen LogP contribution < -0.4 is 5.32 Å². The molecule has 1 aromatic carbocycles. The van der Waals surface area contributed by atoms with Crippen molar-refractivity contribution < 1.29 is 9.53 Å². The van der Waals surface area contributed by atoms with Crippen molar-refractivity contribution in [3.05, 3.63) is 33.8 Å². The van der Waals surface area contributed by atoms with Gasteiger partial charge in [0.2, 0.25) is 0 Å². The number of hydrogen-bond donors (Lipinski definition) is 1. The van der Waals surface area contributed by atoms with Crippen molar-refractivity contribution >= 4 is 22.0 Å². The molecule has 0 heterocycles. The number of carbonyl (C=O) groups excluding carboxylic acids is 1. The smallest absolute Gasteiger partial charge is 0.408 e. The molecule has 98 valence electrons. The summed E-state index contributed by atoms with van der Waals surface area (Å²) in [4.78, 5) is 11.8. The second-order valence-electron chi connectivity index (χ2n) is 5.55. The fourth-order valence-corrected chi connectivity index (χ4v) is 2.91. The van der Waals surface area contributed by atoms with Gasteiger partial charge in [0, 0.05) is 4.47 Å². The summed E-state index contributed by atoms with van der Waals surface area (Å²) >= 11 is 3.55. The first-order chi connectivity index (χ1) is 8.37. The van der Waals surface area contributed by atoms with Crippen LogP contribution in [0.2, 0.25) is 0 Å². The first kappa shape index (κ1) is 13.4. The number of aryl methyl sites for hydroxylation is 1. The molecule has 18 heavy (non-hydrogen) atoms.